The van der Waals surface area contributed by atoms with Gasteiger partial charge in [-0.3, -0.25) is 37.3 Å². The number of carbonyl (C=O) groups is 4. The number of esters is 4. The van der Waals surface area contributed by atoms with Gasteiger partial charge in [0, 0.05) is 25.7 Å². The van der Waals surface area contributed by atoms with Crippen LogP contribution in [0.1, 0.15) is 364 Å². The standard InChI is InChI=1S/C73H142O17P2/c1-9-66(8)52-44-36-28-21-23-29-37-45-53-70(75)83-59-68(89-72(77)55-47-39-30-19-17-15-13-11-10-12-14-16-18-25-33-41-49-63(2)3)61-87-91(79,80)85-57-67(74)58-86-92(81,82)88-62-69(60-84-71(76)54-46-38-32-24-27-35-43-51-65(6)7)90-73(78)56-48-40-31-22-20-26-34-42-50-64(4)5/h63-69,74H,9-62H2,1-8H3,(H,79,80)(H,81,82)/t66?,67?,68-,69-/m1/s1. The molecular formula is C73H142O17P2. The van der Waals surface area contributed by atoms with Crippen LogP contribution in [-0.2, 0) is 65.4 Å². The summed E-state index contributed by atoms with van der Waals surface area (Å²) in [7, 11) is -9.91. The van der Waals surface area contributed by atoms with E-state index in [1.165, 1.54) is 161 Å². The lowest BCUT2D eigenvalue weighted by molar-refractivity contribution is -0.161. The molecule has 0 saturated carbocycles. The topological polar surface area (TPSA) is 237 Å². The van der Waals surface area contributed by atoms with Crippen molar-refractivity contribution in [1.82, 2.24) is 0 Å². The number of hydrogen-bond acceptors (Lipinski definition) is 15. The van der Waals surface area contributed by atoms with Gasteiger partial charge in [-0.1, -0.05) is 312 Å². The molecule has 92 heavy (non-hydrogen) atoms. The Morgan fingerprint density at radius 1 is 0.304 bits per heavy atom. The molecule has 0 fully saturated rings. The number of ether oxygens (including phenoxy) is 4. The summed E-state index contributed by atoms with van der Waals surface area (Å²) in [4.78, 5) is 72.6. The summed E-state index contributed by atoms with van der Waals surface area (Å²) in [6, 6.07) is 0. The fraction of sp³-hybridized carbons (Fsp3) is 0.945. The van der Waals surface area contributed by atoms with Gasteiger partial charge in [-0.05, 0) is 49.4 Å². The van der Waals surface area contributed by atoms with E-state index in [4.69, 9.17) is 37.0 Å². The molecule has 17 nitrogen and oxygen atoms in total. The van der Waals surface area contributed by atoms with Crippen molar-refractivity contribution in [2.24, 2.45) is 23.7 Å². The minimum absolute atomic E-state index is 0.103. The Bertz CT molecular complexity index is 1820. The number of carbonyl (C=O) groups excluding carboxylic acids is 4. The number of hydrogen-bond donors (Lipinski definition) is 3. The smallest absolute Gasteiger partial charge is 0.462 e. The van der Waals surface area contributed by atoms with Gasteiger partial charge in [0.05, 0.1) is 26.4 Å². The van der Waals surface area contributed by atoms with Crippen LogP contribution in [0.25, 0.3) is 0 Å². The monoisotopic (exact) mass is 1350 g/mol. The normalized spacial score (nSPS) is 14.5. The Balaban J connectivity index is 5.22. The molecule has 0 saturated heterocycles. The van der Waals surface area contributed by atoms with Crippen molar-refractivity contribution in [2.75, 3.05) is 39.6 Å². The molecule has 0 bridgehead atoms. The second-order valence-electron chi connectivity index (χ2n) is 28.0. The minimum atomic E-state index is -4.96. The van der Waals surface area contributed by atoms with E-state index in [1.807, 2.05) is 0 Å². The molecule has 19 heteroatoms. The maximum absolute atomic E-state index is 13.1. The highest BCUT2D eigenvalue weighted by Crippen LogP contribution is 2.45. The largest absolute Gasteiger partial charge is 0.472 e. The molecule has 0 spiro atoms. The van der Waals surface area contributed by atoms with E-state index < -0.39 is 97.5 Å². The highest BCUT2D eigenvalue weighted by molar-refractivity contribution is 7.47. The molecule has 0 amide bonds. The maximum atomic E-state index is 13.1. The summed E-state index contributed by atoms with van der Waals surface area (Å²) in [6.07, 6.45) is 45.9. The van der Waals surface area contributed by atoms with Gasteiger partial charge in [0.2, 0.25) is 0 Å². The van der Waals surface area contributed by atoms with Crippen LogP contribution in [0.3, 0.4) is 0 Å². The summed E-state index contributed by atoms with van der Waals surface area (Å²) in [5.74, 6) is 0.882. The highest BCUT2D eigenvalue weighted by Gasteiger charge is 2.30. The molecule has 0 heterocycles. The summed E-state index contributed by atoms with van der Waals surface area (Å²) < 4.78 is 68.4. The van der Waals surface area contributed by atoms with E-state index in [-0.39, 0.29) is 25.7 Å². The molecule has 6 atom stereocenters. The van der Waals surface area contributed by atoms with Gasteiger partial charge in [-0.2, -0.15) is 0 Å². The van der Waals surface area contributed by atoms with Crippen molar-refractivity contribution in [3.8, 4) is 0 Å². The molecule has 546 valence electrons. The third-order valence-corrected chi connectivity index (χ3v) is 19.1. The Labute approximate surface area is 562 Å². The van der Waals surface area contributed by atoms with E-state index in [2.05, 4.69) is 55.4 Å². The fourth-order valence-electron chi connectivity index (χ4n) is 11.0. The van der Waals surface area contributed by atoms with Crippen molar-refractivity contribution in [3.05, 3.63) is 0 Å². The molecular weight excluding hydrogens is 1210 g/mol. The van der Waals surface area contributed by atoms with Crippen molar-refractivity contribution < 1.29 is 80.2 Å². The predicted molar refractivity (Wildman–Crippen MR) is 372 cm³/mol. The Kier molecular flexibility index (Phi) is 61.3. The van der Waals surface area contributed by atoms with E-state index >= 15 is 0 Å². The molecule has 0 aliphatic rings. The van der Waals surface area contributed by atoms with Crippen molar-refractivity contribution in [3.63, 3.8) is 0 Å². The third kappa shape index (κ3) is 65.4. The first-order chi connectivity index (χ1) is 44.1. The third-order valence-electron chi connectivity index (χ3n) is 17.2. The van der Waals surface area contributed by atoms with Crippen LogP contribution in [0, 0.1) is 23.7 Å². The zero-order valence-corrected chi connectivity index (χ0v) is 62.0. The Morgan fingerprint density at radius 3 is 0.772 bits per heavy atom. The van der Waals surface area contributed by atoms with Gasteiger partial charge < -0.3 is 33.8 Å². The number of rotatable bonds is 70. The molecule has 0 aromatic carbocycles. The molecule has 0 aliphatic carbocycles. The quantitative estimate of drug-likeness (QED) is 0.0222. The lowest BCUT2D eigenvalue weighted by Gasteiger charge is -2.21. The number of phosphoric ester groups is 2. The van der Waals surface area contributed by atoms with Gasteiger partial charge in [0.15, 0.2) is 12.2 Å². The average molecular weight is 1350 g/mol. The second kappa shape index (κ2) is 62.6. The predicted octanol–water partition coefficient (Wildman–Crippen LogP) is 20.9. The first-order valence-corrected chi connectivity index (χ1v) is 40.7. The van der Waals surface area contributed by atoms with Gasteiger partial charge in [-0.15, -0.1) is 0 Å². The van der Waals surface area contributed by atoms with Gasteiger partial charge in [0.1, 0.15) is 19.3 Å². The zero-order chi connectivity index (χ0) is 68.2. The maximum Gasteiger partial charge on any atom is 0.472 e. The molecule has 0 aromatic heterocycles. The molecule has 0 rings (SSSR count). The number of phosphoric acid groups is 2. The highest BCUT2D eigenvalue weighted by atomic mass is 31.2. The van der Waals surface area contributed by atoms with Crippen LogP contribution >= 0.6 is 15.6 Å². The van der Waals surface area contributed by atoms with Crippen LogP contribution in [0.2, 0.25) is 0 Å². The first-order valence-electron chi connectivity index (χ1n) is 37.7. The van der Waals surface area contributed by atoms with Crippen molar-refractivity contribution >= 4 is 39.5 Å². The Hall–Kier alpha value is -1.94. The van der Waals surface area contributed by atoms with Crippen LogP contribution in [0.5, 0.6) is 0 Å². The van der Waals surface area contributed by atoms with E-state index in [9.17, 15) is 43.2 Å². The number of aliphatic hydroxyl groups is 1. The van der Waals surface area contributed by atoms with Crippen LogP contribution < -0.4 is 0 Å². The number of unbranched alkanes of at least 4 members (excludes halogenated alkanes) is 35. The summed E-state index contributed by atoms with van der Waals surface area (Å²) in [5.41, 5.74) is 0. The molecule has 0 radical (unpaired) electrons. The zero-order valence-electron chi connectivity index (χ0n) is 60.2. The SMILES string of the molecule is CCC(C)CCCCCCCCCCC(=O)OC[C@H](COP(=O)(O)OCC(O)COP(=O)(O)OC[C@@H](COC(=O)CCCCCCCCCC(C)C)OC(=O)CCCCCCCCCCC(C)C)OC(=O)CCCCCCCCCCCCCCCCCCC(C)C. The first kappa shape index (κ1) is 90.1. The lowest BCUT2D eigenvalue weighted by atomic mass is 9.99. The van der Waals surface area contributed by atoms with Crippen LogP contribution in [0.15, 0.2) is 0 Å². The summed E-state index contributed by atoms with van der Waals surface area (Å²) in [6.45, 7) is 14.1. The van der Waals surface area contributed by atoms with Gasteiger partial charge in [-0.25, -0.2) is 9.13 Å². The van der Waals surface area contributed by atoms with Gasteiger partial charge >= 0.3 is 39.5 Å². The van der Waals surface area contributed by atoms with Crippen LogP contribution in [0.4, 0.5) is 0 Å². The number of aliphatic hydroxyl groups excluding tert-OH is 1. The van der Waals surface area contributed by atoms with Crippen molar-refractivity contribution in [1.29, 1.82) is 0 Å². The molecule has 0 aliphatic heterocycles. The van der Waals surface area contributed by atoms with Gasteiger partial charge in [0.25, 0.3) is 0 Å². The molecule has 0 aromatic rings. The minimum Gasteiger partial charge on any atom is -0.462 e. The van der Waals surface area contributed by atoms with E-state index in [0.717, 1.165) is 114 Å². The molecule has 3 N–H and O–H groups in total. The fourth-order valence-corrected chi connectivity index (χ4v) is 12.6. The molecule has 4 unspecified atom stereocenters. The summed E-state index contributed by atoms with van der Waals surface area (Å²) in [5, 5.41) is 10.6. The van der Waals surface area contributed by atoms with Crippen molar-refractivity contribution in [2.45, 2.75) is 382 Å². The lowest BCUT2D eigenvalue weighted by Crippen LogP contribution is -2.30. The average Bonchev–Trinajstić information content (AvgIpc) is 1.69. The second-order valence-corrected chi connectivity index (χ2v) is 30.9. The Morgan fingerprint density at radius 2 is 0.522 bits per heavy atom. The van der Waals surface area contributed by atoms with Crippen LogP contribution in [-0.4, -0.2) is 96.7 Å². The van der Waals surface area contributed by atoms with E-state index in [0.29, 0.717) is 31.6 Å². The summed E-state index contributed by atoms with van der Waals surface area (Å²) >= 11 is 0. The van der Waals surface area contributed by atoms with E-state index in [1.54, 1.807) is 0 Å².